The first kappa shape index (κ1) is 14.0. The molecular formula is C15H23NO3. The number of benzene rings is 1. The number of aryl methyl sites for hydroxylation is 1. The second-order valence-electron chi connectivity index (χ2n) is 5.00. The van der Waals surface area contributed by atoms with E-state index in [4.69, 9.17) is 14.2 Å². The van der Waals surface area contributed by atoms with Gasteiger partial charge >= 0.3 is 0 Å². The summed E-state index contributed by atoms with van der Waals surface area (Å²) in [5.41, 5.74) is 1.10. The van der Waals surface area contributed by atoms with Gasteiger partial charge in [0.05, 0.1) is 20.8 Å². The van der Waals surface area contributed by atoms with E-state index in [0.717, 1.165) is 49.6 Å². The molecular weight excluding hydrogens is 242 g/mol. The molecule has 0 atom stereocenters. The first-order valence-electron chi connectivity index (χ1n) is 6.80. The average Bonchev–Trinajstić information content (AvgIpc) is 2.46. The van der Waals surface area contributed by atoms with E-state index >= 15 is 0 Å². The predicted molar refractivity (Wildman–Crippen MR) is 75.4 cm³/mol. The molecule has 4 nitrogen and oxygen atoms in total. The van der Waals surface area contributed by atoms with Crippen molar-refractivity contribution in [1.29, 1.82) is 0 Å². The predicted octanol–water partition coefficient (Wildman–Crippen LogP) is 2.39. The van der Waals surface area contributed by atoms with Gasteiger partial charge in [0, 0.05) is 0 Å². The van der Waals surface area contributed by atoms with Crippen LogP contribution in [0.25, 0.3) is 0 Å². The fourth-order valence-corrected chi connectivity index (χ4v) is 2.40. The fourth-order valence-electron chi connectivity index (χ4n) is 2.40. The van der Waals surface area contributed by atoms with E-state index in [1.165, 1.54) is 0 Å². The maximum absolute atomic E-state index is 5.97. The molecule has 1 heterocycles. The molecule has 0 radical (unpaired) electrons. The van der Waals surface area contributed by atoms with Crippen LogP contribution in [0.2, 0.25) is 0 Å². The standard InChI is InChI=1S/C15H23NO3/c1-11-8-13(17-2)15(14(9-11)18-3)19-10-12-4-6-16-7-5-12/h8-9,12,16H,4-7,10H2,1-3H3. The molecule has 4 heteroatoms. The van der Waals surface area contributed by atoms with Crippen LogP contribution in [-0.4, -0.2) is 33.9 Å². The second-order valence-corrected chi connectivity index (χ2v) is 5.00. The lowest BCUT2D eigenvalue weighted by Gasteiger charge is -2.23. The molecule has 1 fully saturated rings. The quantitative estimate of drug-likeness (QED) is 0.887. The molecule has 1 aliphatic heterocycles. The van der Waals surface area contributed by atoms with Crippen LogP contribution in [0.5, 0.6) is 17.2 Å². The Hall–Kier alpha value is -1.42. The van der Waals surface area contributed by atoms with Crippen molar-refractivity contribution in [3.8, 4) is 17.2 Å². The zero-order valence-electron chi connectivity index (χ0n) is 12.0. The van der Waals surface area contributed by atoms with E-state index in [0.29, 0.717) is 11.7 Å². The fraction of sp³-hybridized carbons (Fsp3) is 0.600. The van der Waals surface area contributed by atoms with Crippen LogP contribution >= 0.6 is 0 Å². The highest BCUT2D eigenvalue weighted by Crippen LogP contribution is 2.38. The summed E-state index contributed by atoms with van der Waals surface area (Å²) in [6.07, 6.45) is 2.33. The lowest BCUT2D eigenvalue weighted by molar-refractivity contribution is 0.201. The lowest BCUT2D eigenvalue weighted by atomic mass is 9.99. The number of hydrogen-bond donors (Lipinski definition) is 1. The molecule has 0 spiro atoms. The molecule has 1 aromatic rings. The monoisotopic (exact) mass is 265 g/mol. The molecule has 1 saturated heterocycles. The topological polar surface area (TPSA) is 39.7 Å². The number of hydrogen-bond acceptors (Lipinski definition) is 4. The van der Waals surface area contributed by atoms with E-state index in [-0.39, 0.29) is 0 Å². The van der Waals surface area contributed by atoms with Crippen LogP contribution in [-0.2, 0) is 0 Å². The molecule has 0 aliphatic carbocycles. The minimum absolute atomic E-state index is 0.608. The summed E-state index contributed by atoms with van der Waals surface area (Å²) < 4.78 is 16.7. The molecule has 0 amide bonds. The number of methoxy groups -OCH3 is 2. The average molecular weight is 265 g/mol. The van der Waals surface area contributed by atoms with Gasteiger partial charge in [0.1, 0.15) is 0 Å². The summed E-state index contributed by atoms with van der Waals surface area (Å²) in [4.78, 5) is 0. The number of rotatable bonds is 5. The van der Waals surface area contributed by atoms with Gasteiger partial charge in [-0.3, -0.25) is 0 Å². The van der Waals surface area contributed by atoms with Crippen molar-refractivity contribution >= 4 is 0 Å². The Bertz CT molecular complexity index is 389. The maximum atomic E-state index is 5.97. The normalized spacial score (nSPS) is 16.2. The van der Waals surface area contributed by atoms with Crippen LogP contribution in [0.3, 0.4) is 0 Å². The second kappa shape index (κ2) is 6.66. The Balaban J connectivity index is 2.09. The maximum Gasteiger partial charge on any atom is 0.203 e. The first-order valence-corrected chi connectivity index (χ1v) is 6.80. The van der Waals surface area contributed by atoms with Crippen molar-refractivity contribution in [2.24, 2.45) is 5.92 Å². The van der Waals surface area contributed by atoms with Crippen molar-refractivity contribution in [3.05, 3.63) is 17.7 Å². The van der Waals surface area contributed by atoms with Crippen LogP contribution in [0.1, 0.15) is 18.4 Å². The van der Waals surface area contributed by atoms with Crippen molar-refractivity contribution in [2.75, 3.05) is 33.9 Å². The van der Waals surface area contributed by atoms with Crippen LogP contribution < -0.4 is 19.5 Å². The minimum Gasteiger partial charge on any atom is -0.493 e. The third-order valence-corrected chi connectivity index (χ3v) is 3.53. The van der Waals surface area contributed by atoms with E-state index in [1.807, 2.05) is 19.1 Å². The molecule has 0 unspecified atom stereocenters. The van der Waals surface area contributed by atoms with Gasteiger partial charge in [-0.1, -0.05) is 0 Å². The number of piperidine rings is 1. The van der Waals surface area contributed by atoms with Gasteiger partial charge in [0.2, 0.25) is 5.75 Å². The van der Waals surface area contributed by atoms with Crippen LogP contribution in [0.15, 0.2) is 12.1 Å². The summed E-state index contributed by atoms with van der Waals surface area (Å²) >= 11 is 0. The largest absolute Gasteiger partial charge is 0.493 e. The molecule has 0 aromatic heterocycles. The Kier molecular flexibility index (Phi) is 4.91. The Morgan fingerprint density at radius 2 is 1.68 bits per heavy atom. The van der Waals surface area contributed by atoms with Gasteiger partial charge in [0.15, 0.2) is 11.5 Å². The van der Waals surface area contributed by atoms with Crippen molar-refractivity contribution in [3.63, 3.8) is 0 Å². The molecule has 0 bridgehead atoms. The van der Waals surface area contributed by atoms with Crippen LogP contribution in [0.4, 0.5) is 0 Å². The third kappa shape index (κ3) is 3.53. The summed E-state index contributed by atoms with van der Waals surface area (Å²) in [7, 11) is 3.32. The van der Waals surface area contributed by atoms with Gasteiger partial charge in [-0.05, 0) is 56.5 Å². The van der Waals surface area contributed by atoms with E-state index in [9.17, 15) is 0 Å². The molecule has 1 aliphatic rings. The van der Waals surface area contributed by atoms with Crippen molar-refractivity contribution < 1.29 is 14.2 Å². The Morgan fingerprint density at radius 3 is 2.21 bits per heavy atom. The zero-order chi connectivity index (χ0) is 13.7. The Labute approximate surface area is 115 Å². The summed E-state index contributed by atoms with van der Waals surface area (Å²) in [5.74, 6) is 2.81. The van der Waals surface area contributed by atoms with Gasteiger partial charge in [-0.15, -0.1) is 0 Å². The van der Waals surface area contributed by atoms with Crippen LogP contribution in [0, 0.1) is 12.8 Å². The van der Waals surface area contributed by atoms with E-state index in [2.05, 4.69) is 5.32 Å². The zero-order valence-corrected chi connectivity index (χ0v) is 12.0. The van der Waals surface area contributed by atoms with Gasteiger partial charge in [0.25, 0.3) is 0 Å². The highest BCUT2D eigenvalue weighted by Gasteiger charge is 2.17. The third-order valence-electron chi connectivity index (χ3n) is 3.53. The first-order chi connectivity index (χ1) is 9.24. The summed E-state index contributed by atoms with van der Waals surface area (Å²) in [6.45, 7) is 4.89. The molecule has 106 valence electrons. The molecule has 2 rings (SSSR count). The van der Waals surface area contributed by atoms with Crippen molar-refractivity contribution in [1.82, 2.24) is 5.32 Å². The SMILES string of the molecule is COc1cc(C)cc(OC)c1OCC1CCNCC1. The van der Waals surface area contributed by atoms with E-state index in [1.54, 1.807) is 14.2 Å². The molecule has 1 aromatic carbocycles. The van der Waals surface area contributed by atoms with Gasteiger partial charge < -0.3 is 19.5 Å². The van der Waals surface area contributed by atoms with Gasteiger partial charge in [-0.2, -0.15) is 0 Å². The smallest absolute Gasteiger partial charge is 0.203 e. The number of nitrogens with one attached hydrogen (secondary N) is 1. The number of ether oxygens (including phenoxy) is 3. The van der Waals surface area contributed by atoms with E-state index < -0.39 is 0 Å². The molecule has 19 heavy (non-hydrogen) atoms. The minimum atomic E-state index is 0.608. The van der Waals surface area contributed by atoms with Crippen molar-refractivity contribution in [2.45, 2.75) is 19.8 Å². The molecule has 1 N–H and O–H groups in total. The highest BCUT2D eigenvalue weighted by molar-refractivity contribution is 5.53. The Morgan fingerprint density at radius 1 is 1.11 bits per heavy atom. The molecule has 0 saturated carbocycles. The highest BCUT2D eigenvalue weighted by atomic mass is 16.5. The summed E-state index contributed by atoms with van der Waals surface area (Å²) in [5, 5.41) is 3.36. The lowest BCUT2D eigenvalue weighted by Crippen LogP contribution is -2.30. The summed E-state index contributed by atoms with van der Waals surface area (Å²) in [6, 6.07) is 3.94. The van der Waals surface area contributed by atoms with Gasteiger partial charge in [-0.25, -0.2) is 0 Å².